The van der Waals surface area contributed by atoms with E-state index < -0.39 is 20.8 Å². The van der Waals surface area contributed by atoms with E-state index in [0.29, 0.717) is 0 Å². The first kappa shape index (κ1) is 24.9. The molecule has 0 aromatic rings. The predicted molar refractivity (Wildman–Crippen MR) is 79.2 cm³/mol. The third-order valence-electron chi connectivity index (χ3n) is 1.82. The summed E-state index contributed by atoms with van der Waals surface area (Å²) >= 11 is 0. The van der Waals surface area contributed by atoms with E-state index in [9.17, 15) is 14.2 Å². The van der Waals surface area contributed by atoms with E-state index in [2.05, 4.69) is 14.0 Å². The molecule has 0 aliphatic heterocycles. The smallest absolute Gasteiger partial charge is 0.335 e. The molecule has 21 heavy (non-hydrogen) atoms. The van der Waals surface area contributed by atoms with Crippen LogP contribution in [0, 0.1) is 5.92 Å². The fraction of sp³-hybridized carbons (Fsp3) is 0.846. The number of hydrogen-bond acceptors (Lipinski definition) is 7. The van der Waals surface area contributed by atoms with Crippen LogP contribution in [0.15, 0.2) is 0 Å². The monoisotopic (exact) mass is 326 g/mol. The van der Waals surface area contributed by atoms with Crippen LogP contribution in [0.2, 0.25) is 0 Å². The topological polar surface area (TPSA) is 88.1 Å². The van der Waals surface area contributed by atoms with E-state index in [1.807, 2.05) is 13.8 Å². The number of carbonyl (C=O) groups is 2. The number of carbonyl (C=O) groups excluding carboxylic acids is 2. The van der Waals surface area contributed by atoms with Gasteiger partial charge < -0.3 is 14.2 Å². The van der Waals surface area contributed by atoms with Crippen molar-refractivity contribution in [3.63, 3.8) is 0 Å². The van der Waals surface area contributed by atoms with Crippen molar-refractivity contribution >= 4 is 20.6 Å². The highest BCUT2D eigenvalue weighted by molar-refractivity contribution is 7.17. The third kappa shape index (κ3) is 21.4. The summed E-state index contributed by atoms with van der Waals surface area (Å²) in [5, 5.41) is 0. The number of ether oxygens (including phenoxy) is 3. The van der Waals surface area contributed by atoms with Crippen LogP contribution >= 0.6 is 8.69 Å². The summed E-state index contributed by atoms with van der Waals surface area (Å²) < 4.78 is 27.5. The van der Waals surface area contributed by atoms with Gasteiger partial charge in [-0.2, -0.15) is 0 Å². The second kappa shape index (κ2) is 19.0. The summed E-state index contributed by atoms with van der Waals surface area (Å²) in [5.74, 6) is -0.677. The maximum atomic E-state index is 10.4. The Morgan fingerprint density at radius 1 is 0.952 bits per heavy atom. The average molecular weight is 326 g/mol. The van der Waals surface area contributed by atoms with E-state index in [1.165, 1.54) is 21.1 Å². The van der Waals surface area contributed by atoms with Gasteiger partial charge in [0.25, 0.3) is 0 Å². The van der Waals surface area contributed by atoms with Gasteiger partial charge >= 0.3 is 20.6 Å². The maximum Gasteiger partial charge on any atom is 0.335 e. The van der Waals surface area contributed by atoms with Crippen LogP contribution in [-0.2, 0) is 32.9 Å². The molecule has 0 saturated heterocycles. The van der Waals surface area contributed by atoms with Crippen LogP contribution in [0.3, 0.4) is 0 Å². The standard InChI is InChI=1S/C5H10O2.C4H7O4P.C4H10O/c1-4(2)5(6)7-3;1-3(8-9-6)4(5)7-2;1-3-5-4-2/h4H,1-3H3;3H,1-2H3;3-4H2,1-2H3. The Morgan fingerprint density at radius 3 is 1.52 bits per heavy atom. The van der Waals surface area contributed by atoms with E-state index in [-0.39, 0.29) is 11.9 Å². The van der Waals surface area contributed by atoms with Crippen molar-refractivity contribution in [3.05, 3.63) is 0 Å². The zero-order valence-corrected chi connectivity index (χ0v) is 14.8. The van der Waals surface area contributed by atoms with Crippen molar-refractivity contribution in [2.24, 2.45) is 5.92 Å². The lowest BCUT2D eigenvalue weighted by atomic mass is 10.2. The maximum absolute atomic E-state index is 10.4. The van der Waals surface area contributed by atoms with Crippen LogP contribution in [0.25, 0.3) is 0 Å². The van der Waals surface area contributed by atoms with E-state index >= 15 is 0 Å². The Bertz CT molecular complexity index is 267. The van der Waals surface area contributed by atoms with Crippen LogP contribution in [0.1, 0.15) is 34.6 Å². The van der Waals surface area contributed by atoms with Gasteiger partial charge in [0.05, 0.1) is 20.1 Å². The van der Waals surface area contributed by atoms with Gasteiger partial charge in [0, 0.05) is 13.2 Å². The van der Waals surface area contributed by atoms with Gasteiger partial charge in [0.1, 0.15) is 0 Å². The van der Waals surface area contributed by atoms with Gasteiger partial charge in [0.2, 0.25) is 0 Å². The zero-order valence-electron chi connectivity index (χ0n) is 13.9. The van der Waals surface area contributed by atoms with Gasteiger partial charge in [-0.3, -0.25) is 9.32 Å². The number of methoxy groups -OCH3 is 2. The van der Waals surface area contributed by atoms with Crippen LogP contribution in [0.5, 0.6) is 0 Å². The predicted octanol–water partition coefficient (Wildman–Crippen LogP) is 2.63. The summed E-state index contributed by atoms with van der Waals surface area (Å²) in [6.45, 7) is 10.7. The van der Waals surface area contributed by atoms with Crippen molar-refractivity contribution in [2.75, 3.05) is 27.4 Å². The van der Waals surface area contributed by atoms with Crippen molar-refractivity contribution in [2.45, 2.75) is 40.7 Å². The average Bonchev–Trinajstić information content (AvgIpc) is 2.47. The summed E-state index contributed by atoms with van der Waals surface area (Å²) in [5.41, 5.74) is 0. The lowest BCUT2D eigenvalue weighted by molar-refractivity contribution is -0.147. The molecular formula is C13H27O7P. The molecular weight excluding hydrogens is 299 g/mol. The van der Waals surface area contributed by atoms with Gasteiger partial charge in [-0.1, -0.05) is 13.8 Å². The Labute approximate surface area is 128 Å². The van der Waals surface area contributed by atoms with Crippen LogP contribution in [-0.4, -0.2) is 45.5 Å². The molecule has 0 aliphatic carbocycles. The minimum atomic E-state index is -0.755. The Hall–Kier alpha value is -1.04. The molecule has 0 aromatic carbocycles. The van der Waals surface area contributed by atoms with Gasteiger partial charge in [-0.25, -0.2) is 9.36 Å². The molecule has 0 aliphatic rings. The quantitative estimate of drug-likeness (QED) is 0.547. The highest BCUT2D eigenvalue weighted by Gasteiger charge is 2.12. The molecule has 0 spiro atoms. The van der Waals surface area contributed by atoms with Crippen LogP contribution in [0.4, 0.5) is 0 Å². The molecule has 8 heteroatoms. The Balaban J connectivity index is -0.000000242. The van der Waals surface area contributed by atoms with Crippen molar-refractivity contribution in [1.29, 1.82) is 0 Å². The number of hydrogen-bond donors (Lipinski definition) is 0. The zero-order chi connectivity index (χ0) is 17.3. The fourth-order valence-electron chi connectivity index (χ4n) is 0.713. The molecule has 0 rings (SSSR count). The van der Waals surface area contributed by atoms with Gasteiger partial charge in [-0.15, -0.1) is 0 Å². The summed E-state index contributed by atoms with van der Waals surface area (Å²) in [4.78, 5) is 20.7. The van der Waals surface area contributed by atoms with E-state index in [1.54, 1.807) is 13.8 Å². The molecule has 0 saturated carbocycles. The first-order valence-corrected chi connectivity index (χ1v) is 7.27. The van der Waals surface area contributed by atoms with E-state index in [4.69, 9.17) is 4.74 Å². The normalized spacial score (nSPS) is 10.7. The first-order chi connectivity index (χ1) is 9.81. The summed E-state index contributed by atoms with van der Waals surface area (Å²) in [6, 6.07) is 0. The molecule has 0 heterocycles. The summed E-state index contributed by atoms with van der Waals surface area (Å²) in [6.07, 6.45) is -0.755. The lowest BCUT2D eigenvalue weighted by Gasteiger charge is -2.02. The molecule has 1 unspecified atom stereocenters. The summed E-state index contributed by atoms with van der Waals surface area (Å²) in [7, 11) is 2.12. The Kier molecular flexibility index (Phi) is 22.5. The SMILES string of the molecule is CCOCC.COC(=O)C(C)C.COC(=O)C(C)OP=O. The fourth-order valence-corrected chi connectivity index (χ4v) is 0.929. The molecule has 7 nitrogen and oxygen atoms in total. The minimum absolute atomic E-state index is 0.00463. The molecule has 0 radical (unpaired) electrons. The molecule has 0 N–H and O–H groups in total. The largest absolute Gasteiger partial charge is 0.469 e. The minimum Gasteiger partial charge on any atom is -0.469 e. The van der Waals surface area contributed by atoms with Crippen molar-refractivity contribution < 1.29 is 32.9 Å². The van der Waals surface area contributed by atoms with Crippen molar-refractivity contribution in [1.82, 2.24) is 0 Å². The Morgan fingerprint density at radius 2 is 1.38 bits per heavy atom. The molecule has 126 valence electrons. The highest BCUT2D eigenvalue weighted by atomic mass is 31.1. The second-order valence-corrected chi connectivity index (χ2v) is 4.16. The van der Waals surface area contributed by atoms with Crippen molar-refractivity contribution in [3.8, 4) is 0 Å². The van der Waals surface area contributed by atoms with E-state index in [0.717, 1.165) is 13.2 Å². The lowest BCUT2D eigenvalue weighted by Crippen LogP contribution is -2.18. The molecule has 0 aromatic heterocycles. The number of esters is 2. The third-order valence-corrected chi connectivity index (χ3v) is 2.22. The van der Waals surface area contributed by atoms with Gasteiger partial charge in [-0.05, 0) is 20.8 Å². The molecule has 0 fully saturated rings. The molecule has 1 atom stereocenters. The molecule has 0 amide bonds. The first-order valence-electron chi connectivity index (χ1n) is 6.53. The van der Waals surface area contributed by atoms with Gasteiger partial charge in [0.15, 0.2) is 6.10 Å². The second-order valence-electron chi connectivity index (χ2n) is 3.80. The highest BCUT2D eigenvalue weighted by Crippen LogP contribution is 2.02. The van der Waals surface area contributed by atoms with Crippen LogP contribution < -0.4 is 0 Å². The molecule has 0 bridgehead atoms. The number of rotatable bonds is 6.